The maximum atomic E-state index is 14.5. The normalized spacial score (nSPS) is 11.8. The third-order valence-corrected chi connectivity index (χ3v) is 9.80. The van der Waals surface area contributed by atoms with Crippen LogP contribution >= 0.6 is 23.2 Å². The number of methoxy groups -OCH3 is 2. The number of nitrogens with one attached hydrogen (secondary N) is 1. The monoisotopic (exact) mass is 701 g/mol. The Balaban J connectivity index is 1.83. The first kappa shape index (κ1) is 35.5. The molecule has 4 aromatic carbocycles. The summed E-state index contributed by atoms with van der Waals surface area (Å²) in [6.07, 6.45) is 0.138. The SMILES string of the molecule is CCNC(=O)C(Cc1ccccc1)N(Cc1ccc(Cl)c(Cl)c1)C(=O)CN(c1ccc(F)cc1)S(=O)(=O)c1ccc(OC)c(OC)c1. The second kappa shape index (κ2) is 16.0. The number of hydrogen-bond acceptors (Lipinski definition) is 6. The molecule has 0 heterocycles. The molecule has 47 heavy (non-hydrogen) atoms. The first-order valence-electron chi connectivity index (χ1n) is 14.5. The van der Waals surface area contributed by atoms with Gasteiger partial charge in [0.1, 0.15) is 18.4 Å². The van der Waals surface area contributed by atoms with Crippen LogP contribution in [-0.2, 0) is 32.6 Å². The maximum Gasteiger partial charge on any atom is 0.264 e. The van der Waals surface area contributed by atoms with E-state index in [2.05, 4.69) is 5.32 Å². The first-order valence-corrected chi connectivity index (χ1v) is 16.7. The fourth-order valence-corrected chi connectivity index (χ4v) is 6.67. The molecule has 0 spiro atoms. The molecule has 1 unspecified atom stereocenters. The highest BCUT2D eigenvalue weighted by molar-refractivity contribution is 7.92. The van der Waals surface area contributed by atoms with Gasteiger partial charge in [0, 0.05) is 25.6 Å². The Hall–Kier alpha value is -4.32. The van der Waals surface area contributed by atoms with Crippen LogP contribution in [0.25, 0.3) is 0 Å². The second-order valence-corrected chi connectivity index (χ2v) is 13.1. The number of benzene rings is 4. The standard InChI is InChI=1S/C34H34Cl2FN3O6S/c1-4-38-34(42)30(19-23-8-6-5-7-9-23)39(21-24-10-16-28(35)29(36)18-24)33(41)22-40(26-13-11-25(37)12-14-26)47(43,44)27-15-17-31(45-2)32(20-27)46-3/h5-18,20,30H,4,19,21-22H2,1-3H3,(H,38,42). The van der Waals surface area contributed by atoms with Gasteiger partial charge in [-0.1, -0.05) is 59.6 Å². The zero-order valence-electron chi connectivity index (χ0n) is 26.0. The number of anilines is 1. The molecule has 0 fully saturated rings. The van der Waals surface area contributed by atoms with Crippen LogP contribution in [0.15, 0.2) is 95.9 Å². The number of halogens is 3. The van der Waals surface area contributed by atoms with Crippen molar-refractivity contribution in [3.8, 4) is 11.5 Å². The Labute approximate surface area is 283 Å². The van der Waals surface area contributed by atoms with E-state index < -0.39 is 40.2 Å². The fraction of sp³-hybridized carbons (Fsp3) is 0.235. The highest BCUT2D eigenvalue weighted by Gasteiger charge is 2.35. The molecule has 0 radical (unpaired) electrons. The number of amides is 2. The predicted octanol–water partition coefficient (Wildman–Crippen LogP) is 6.12. The summed E-state index contributed by atoms with van der Waals surface area (Å²) in [4.78, 5) is 29.2. The summed E-state index contributed by atoms with van der Waals surface area (Å²) in [5, 5.41) is 3.35. The summed E-state index contributed by atoms with van der Waals surface area (Å²) >= 11 is 12.4. The van der Waals surface area contributed by atoms with Gasteiger partial charge < -0.3 is 19.7 Å². The highest BCUT2D eigenvalue weighted by atomic mass is 35.5. The molecular weight excluding hydrogens is 668 g/mol. The smallest absolute Gasteiger partial charge is 0.264 e. The molecule has 1 N–H and O–H groups in total. The minimum absolute atomic E-state index is 0.0293. The summed E-state index contributed by atoms with van der Waals surface area (Å²) < 4.78 is 53.9. The molecule has 0 aliphatic carbocycles. The number of likely N-dealkylation sites (N-methyl/N-ethyl adjacent to an activating group) is 1. The Kier molecular flexibility index (Phi) is 12.1. The summed E-state index contributed by atoms with van der Waals surface area (Å²) in [7, 11) is -1.68. The van der Waals surface area contributed by atoms with E-state index in [9.17, 15) is 22.4 Å². The number of rotatable bonds is 14. The zero-order valence-corrected chi connectivity index (χ0v) is 28.3. The van der Waals surface area contributed by atoms with E-state index in [1.54, 1.807) is 25.1 Å². The van der Waals surface area contributed by atoms with Gasteiger partial charge in [-0.2, -0.15) is 0 Å². The molecule has 9 nitrogen and oxygen atoms in total. The summed E-state index contributed by atoms with van der Waals surface area (Å²) in [6.45, 7) is 1.23. The average molecular weight is 703 g/mol. The molecule has 13 heteroatoms. The third kappa shape index (κ3) is 8.73. The molecule has 0 aliphatic heterocycles. The first-order chi connectivity index (χ1) is 22.5. The van der Waals surface area contributed by atoms with Crippen molar-refractivity contribution in [2.75, 3.05) is 31.6 Å². The van der Waals surface area contributed by atoms with Crippen molar-refractivity contribution in [1.29, 1.82) is 0 Å². The van der Waals surface area contributed by atoms with Crippen molar-refractivity contribution in [2.45, 2.75) is 30.8 Å². The van der Waals surface area contributed by atoms with E-state index in [4.69, 9.17) is 32.7 Å². The summed E-state index contributed by atoms with van der Waals surface area (Å²) in [5.74, 6) is -1.27. The van der Waals surface area contributed by atoms with Gasteiger partial charge in [0.2, 0.25) is 11.8 Å². The van der Waals surface area contributed by atoms with Gasteiger partial charge in [-0.3, -0.25) is 13.9 Å². The van der Waals surface area contributed by atoms with Crippen molar-refractivity contribution in [3.63, 3.8) is 0 Å². The molecule has 0 bridgehead atoms. The number of carbonyl (C=O) groups excluding carboxylic acids is 2. The minimum Gasteiger partial charge on any atom is -0.493 e. The number of ether oxygens (including phenoxy) is 2. The molecule has 0 aliphatic rings. The van der Waals surface area contributed by atoms with E-state index >= 15 is 0 Å². The van der Waals surface area contributed by atoms with Crippen molar-refractivity contribution >= 4 is 50.7 Å². The van der Waals surface area contributed by atoms with E-state index in [0.29, 0.717) is 22.9 Å². The van der Waals surface area contributed by atoms with Crippen molar-refractivity contribution in [3.05, 3.63) is 118 Å². The molecule has 0 aromatic heterocycles. The summed E-state index contributed by atoms with van der Waals surface area (Å²) in [6, 6.07) is 21.7. The van der Waals surface area contributed by atoms with Crippen LogP contribution in [0.5, 0.6) is 11.5 Å². The number of nitrogens with zero attached hydrogens (tertiary/aromatic N) is 2. The van der Waals surface area contributed by atoms with Crippen LogP contribution in [0.1, 0.15) is 18.1 Å². The predicted molar refractivity (Wildman–Crippen MR) is 180 cm³/mol. The van der Waals surface area contributed by atoms with E-state index in [0.717, 1.165) is 22.0 Å². The molecule has 1 atom stereocenters. The van der Waals surface area contributed by atoms with Gasteiger partial charge in [0.15, 0.2) is 11.5 Å². The van der Waals surface area contributed by atoms with Crippen molar-refractivity contribution in [1.82, 2.24) is 10.2 Å². The van der Waals surface area contributed by atoms with Gasteiger partial charge in [0.25, 0.3) is 10.0 Å². The molecule has 4 aromatic rings. The van der Waals surface area contributed by atoms with Crippen molar-refractivity contribution < 1.29 is 31.9 Å². The number of sulfonamides is 1. The Morgan fingerprint density at radius 2 is 1.53 bits per heavy atom. The van der Waals surface area contributed by atoms with E-state index in [1.165, 1.54) is 49.5 Å². The highest BCUT2D eigenvalue weighted by Crippen LogP contribution is 2.33. The van der Waals surface area contributed by atoms with Crippen LogP contribution < -0.4 is 19.1 Å². The average Bonchev–Trinajstić information content (AvgIpc) is 3.07. The fourth-order valence-electron chi connectivity index (χ4n) is 4.92. The Morgan fingerprint density at radius 1 is 0.851 bits per heavy atom. The molecule has 0 saturated carbocycles. The van der Waals surface area contributed by atoms with Gasteiger partial charge in [-0.25, -0.2) is 12.8 Å². The van der Waals surface area contributed by atoms with Crippen LogP contribution in [0.4, 0.5) is 10.1 Å². The molecule has 4 rings (SSSR count). The lowest BCUT2D eigenvalue weighted by Gasteiger charge is -2.34. The molecule has 2 amide bonds. The lowest BCUT2D eigenvalue weighted by Crippen LogP contribution is -2.53. The molecular formula is C34H34Cl2FN3O6S. The minimum atomic E-state index is -4.46. The molecule has 248 valence electrons. The third-order valence-electron chi connectivity index (χ3n) is 7.30. The van der Waals surface area contributed by atoms with Crippen LogP contribution in [0.3, 0.4) is 0 Å². The Bertz CT molecular complexity index is 1810. The number of carbonyl (C=O) groups is 2. The van der Waals surface area contributed by atoms with Crippen LogP contribution in [0.2, 0.25) is 10.0 Å². The van der Waals surface area contributed by atoms with E-state index in [-0.39, 0.29) is 34.3 Å². The van der Waals surface area contributed by atoms with E-state index in [1.807, 2.05) is 30.3 Å². The van der Waals surface area contributed by atoms with Crippen LogP contribution in [0, 0.1) is 5.82 Å². The van der Waals surface area contributed by atoms with Gasteiger partial charge >= 0.3 is 0 Å². The van der Waals surface area contributed by atoms with Crippen molar-refractivity contribution in [2.24, 2.45) is 0 Å². The maximum absolute atomic E-state index is 14.5. The summed E-state index contributed by atoms with van der Waals surface area (Å²) in [5.41, 5.74) is 1.37. The largest absolute Gasteiger partial charge is 0.493 e. The lowest BCUT2D eigenvalue weighted by atomic mass is 10.0. The zero-order chi connectivity index (χ0) is 34.1. The lowest BCUT2D eigenvalue weighted by molar-refractivity contribution is -0.140. The van der Waals surface area contributed by atoms with Gasteiger partial charge in [0.05, 0.1) is 34.8 Å². The quantitative estimate of drug-likeness (QED) is 0.170. The topological polar surface area (TPSA) is 105 Å². The number of hydrogen-bond donors (Lipinski definition) is 1. The van der Waals surface area contributed by atoms with Gasteiger partial charge in [-0.05, 0) is 66.6 Å². The van der Waals surface area contributed by atoms with Gasteiger partial charge in [-0.15, -0.1) is 0 Å². The van der Waals surface area contributed by atoms with Crippen LogP contribution in [-0.4, -0.2) is 58.5 Å². The Morgan fingerprint density at radius 3 is 2.15 bits per heavy atom. The second-order valence-electron chi connectivity index (χ2n) is 10.4. The molecule has 0 saturated heterocycles.